The Kier molecular flexibility index (Phi) is 5.38. The van der Waals surface area contributed by atoms with E-state index in [2.05, 4.69) is 6.07 Å². The van der Waals surface area contributed by atoms with Gasteiger partial charge >= 0.3 is 0 Å². The second kappa shape index (κ2) is 7.70. The Labute approximate surface area is 153 Å². The monoisotopic (exact) mass is 353 g/mol. The van der Waals surface area contributed by atoms with Crippen molar-refractivity contribution in [3.05, 3.63) is 58.7 Å². The molecule has 0 aliphatic carbocycles. The summed E-state index contributed by atoms with van der Waals surface area (Å²) in [7, 11) is 0. The molecule has 0 saturated carbocycles. The van der Waals surface area contributed by atoms with Crippen molar-refractivity contribution in [2.75, 3.05) is 24.7 Å². The number of carbonyl (C=O) groups is 2. The summed E-state index contributed by atoms with van der Waals surface area (Å²) in [5.74, 6) is 0.404. The molecule has 0 radical (unpaired) electrons. The number of aryl methyl sites for hydroxylation is 2. The van der Waals surface area contributed by atoms with E-state index < -0.39 is 0 Å². The third-order valence-corrected chi connectivity index (χ3v) is 4.53. The van der Waals surface area contributed by atoms with Crippen LogP contribution in [0.1, 0.15) is 34.0 Å². The Bertz CT molecular complexity index is 844. The maximum Gasteiger partial charge on any atom is 0.265 e. The Hall–Kier alpha value is -2.66. The molecule has 0 bridgehead atoms. The highest BCUT2D eigenvalue weighted by molar-refractivity contribution is 6.02. The number of ether oxygens (including phenoxy) is 2. The van der Waals surface area contributed by atoms with Gasteiger partial charge in [-0.2, -0.15) is 0 Å². The highest BCUT2D eigenvalue weighted by atomic mass is 16.5. The van der Waals surface area contributed by atoms with E-state index in [0.717, 1.165) is 11.1 Å². The molecule has 0 N–H and O–H groups in total. The summed E-state index contributed by atoms with van der Waals surface area (Å²) < 4.78 is 11.0. The van der Waals surface area contributed by atoms with Crippen LogP contribution >= 0.6 is 0 Å². The lowest BCUT2D eigenvalue weighted by Gasteiger charge is -2.28. The van der Waals surface area contributed by atoms with E-state index in [4.69, 9.17) is 9.47 Å². The minimum absolute atomic E-state index is 0.00691. The number of anilines is 1. The molecule has 2 aromatic carbocycles. The first-order valence-electron chi connectivity index (χ1n) is 8.74. The largest absolute Gasteiger partial charge is 0.482 e. The zero-order valence-electron chi connectivity index (χ0n) is 15.4. The summed E-state index contributed by atoms with van der Waals surface area (Å²) in [5, 5.41) is 0. The number of carbonyl (C=O) groups excluding carboxylic acids is 2. The molecule has 1 heterocycles. The second-order valence-corrected chi connectivity index (χ2v) is 6.46. The predicted molar refractivity (Wildman–Crippen MR) is 99.9 cm³/mol. The fraction of sp³-hybridized carbons (Fsp3) is 0.333. The minimum atomic E-state index is -0.119. The molecule has 0 aromatic heterocycles. The summed E-state index contributed by atoms with van der Waals surface area (Å²) in [4.78, 5) is 26.0. The van der Waals surface area contributed by atoms with Crippen molar-refractivity contribution in [1.82, 2.24) is 0 Å². The van der Waals surface area contributed by atoms with Gasteiger partial charge < -0.3 is 14.4 Å². The molecule has 136 valence electrons. The molecular formula is C21H23NO4. The van der Waals surface area contributed by atoms with Gasteiger partial charge in [-0.1, -0.05) is 23.8 Å². The van der Waals surface area contributed by atoms with Crippen LogP contribution in [0.5, 0.6) is 5.75 Å². The van der Waals surface area contributed by atoms with Crippen molar-refractivity contribution in [3.8, 4) is 5.75 Å². The van der Waals surface area contributed by atoms with Crippen molar-refractivity contribution in [3.63, 3.8) is 0 Å². The smallest absolute Gasteiger partial charge is 0.265 e. The van der Waals surface area contributed by atoms with Gasteiger partial charge in [-0.3, -0.25) is 9.59 Å². The lowest BCUT2D eigenvalue weighted by molar-refractivity contribution is -0.121. The number of hydrogen-bond donors (Lipinski definition) is 0. The number of likely N-dealkylation sites (N-methyl/N-ethyl adjacent to an activating group) is 1. The first-order valence-corrected chi connectivity index (χ1v) is 8.74. The van der Waals surface area contributed by atoms with Crippen LogP contribution in [-0.2, 0) is 16.1 Å². The third kappa shape index (κ3) is 3.78. The molecule has 2 aromatic rings. The average Bonchev–Trinajstić information content (AvgIpc) is 2.63. The molecule has 3 rings (SSSR count). The van der Waals surface area contributed by atoms with Crippen LogP contribution in [0.2, 0.25) is 0 Å². The van der Waals surface area contributed by atoms with E-state index in [1.54, 1.807) is 23.1 Å². The zero-order valence-corrected chi connectivity index (χ0v) is 15.4. The van der Waals surface area contributed by atoms with Gasteiger partial charge in [0, 0.05) is 12.1 Å². The van der Waals surface area contributed by atoms with Gasteiger partial charge in [0.25, 0.3) is 5.91 Å². The van der Waals surface area contributed by atoms with Crippen molar-refractivity contribution >= 4 is 17.4 Å². The summed E-state index contributed by atoms with van der Waals surface area (Å²) in [6.07, 6.45) is 0. The highest BCUT2D eigenvalue weighted by Gasteiger charge is 2.25. The van der Waals surface area contributed by atoms with Crippen LogP contribution in [-0.4, -0.2) is 31.4 Å². The van der Waals surface area contributed by atoms with E-state index in [1.807, 2.05) is 32.9 Å². The molecule has 0 unspecified atom stereocenters. The Morgan fingerprint density at radius 1 is 1.19 bits per heavy atom. The number of ketones is 1. The lowest BCUT2D eigenvalue weighted by atomic mass is 10.1. The molecule has 1 aliphatic rings. The van der Waals surface area contributed by atoms with Crippen molar-refractivity contribution < 1.29 is 19.1 Å². The molecule has 5 heteroatoms. The topological polar surface area (TPSA) is 55.8 Å². The maximum absolute atomic E-state index is 12.5. The summed E-state index contributed by atoms with van der Waals surface area (Å²) in [6, 6.07) is 11.3. The van der Waals surface area contributed by atoms with Gasteiger partial charge in [-0.05, 0) is 50.1 Å². The molecular weight excluding hydrogens is 330 g/mol. The van der Waals surface area contributed by atoms with Crippen LogP contribution < -0.4 is 9.64 Å². The average molecular weight is 353 g/mol. The van der Waals surface area contributed by atoms with E-state index in [9.17, 15) is 9.59 Å². The number of fused-ring (bicyclic) bond motifs is 1. The number of nitrogens with zero attached hydrogens (tertiary/aromatic N) is 1. The summed E-state index contributed by atoms with van der Waals surface area (Å²) in [6.45, 7) is 6.94. The van der Waals surface area contributed by atoms with Crippen LogP contribution in [0.25, 0.3) is 0 Å². The molecule has 1 amide bonds. The van der Waals surface area contributed by atoms with Crippen molar-refractivity contribution in [2.24, 2.45) is 0 Å². The fourth-order valence-corrected chi connectivity index (χ4v) is 3.07. The van der Waals surface area contributed by atoms with Crippen LogP contribution in [0, 0.1) is 13.8 Å². The third-order valence-electron chi connectivity index (χ3n) is 4.53. The van der Waals surface area contributed by atoms with Gasteiger partial charge in [0.15, 0.2) is 12.4 Å². The van der Waals surface area contributed by atoms with Gasteiger partial charge in [0.2, 0.25) is 0 Å². The number of amides is 1. The lowest BCUT2D eigenvalue weighted by Crippen LogP contribution is -2.38. The maximum atomic E-state index is 12.5. The van der Waals surface area contributed by atoms with E-state index in [1.165, 1.54) is 5.56 Å². The van der Waals surface area contributed by atoms with Gasteiger partial charge in [-0.25, -0.2) is 0 Å². The number of Topliss-reactive ketones (excluding diaryl/α,β-unsaturated/α-hetero) is 1. The first kappa shape index (κ1) is 18.1. The SMILES string of the molecule is CCN1C(=O)COc2ccc(C(=O)COCc3ccc(C)cc3C)cc21. The standard InChI is InChI=1S/C21H23NO4/c1-4-22-18-10-16(7-8-20(18)26-13-21(22)24)19(23)12-25-11-17-6-5-14(2)9-15(17)3/h5-10H,4,11-13H2,1-3H3. The first-order chi connectivity index (χ1) is 12.5. The second-order valence-electron chi connectivity index (χ2n) is 6.46. The predicted octanol–water partition coefficient (Wildman–Crippen LogP) is 3.45. The minimum Gasteiger partial charge on any atom is -0.482 e. The molecule has 1 aliphatic heterocycles. The van der Waals surface area contributed by atoms with Crippen LogP contribution in [0.3, 0.4) is 0 Å². The van der Waals surface area contributed by atoms with E-state index >= 15 is 0 Å². The Morgan fingerprint density at radius 2 is 2.00 bits per heavy atom. The molecule has 0 fully saturated rings. The highest BCUT2D eigenvalue weighted by Crippen LogP contribution is 2.32. The summed E-state index contributed by atoms with van der Waals surface area (Å²) >= 11 is 0. The molecule has 5 nitrogen and oxygen atoms in total. The Balaban J connectivity index is 1.67. The number of rotatable bonds is 6. The van der Waals surface area contributed by atoms with E-state index in [-0.39, 0.29) is 24.9 Å². The zero-order chi connectivity index (χ0) is 18.7. The van der Waals surface area contributed by atoms with Crippen LogP contribution in [0.15, 0.2) is 36.4 Å². The normalized spacial score (nSPS) is 13.3. The van der Waals surface area contributed by atoms with Gasteiger partial charge in [-0.15, -0.1) is 0 Å². The summed E-state index contributed by atoms with van der Waals surface area (Å²) in [5.41, 5.74) is 4.59. The number of hydrogen-bond acceptors (Lipinski definition) is 4. The van der Waals surface area contributed by atoms with E-state index in [0.29, 0.717) is 30.2 Å². The molecule has 0 saturated heterocycles. The molecule has 0 spiro atoms. The molecule has 26 heavy (non-hydrogen) atoms. The fourth-order valence-electron chi connectivity index (χ4n) is 3.07. The Morgan fingerprint density at radius 3 is 2.73 bits per heavy atom. The van der Waals surface area contributed by atoms with Crippen molar-refractivity contribution in [1.29, 1.82) is 0 Å². The van der Waals surface area contributed by atoms with Gasteiger partial charge in [0.1, 0.15) is 12.4 Å². The van der Waals surface area contributed by atoms with Gasteiger partial charge in [0.05, 0.1) is 12.3 Å². The van der Waals surface area contributed by atoms with Crippen LogP contribution in [0.4, 0.5) is 5.69 Å². The number of benzene rings is 2. The van der Waals surface area contributed by atoms with Crippen molar-refractivity contribution in [2.45, 2.75) is 27.4 Å². The quantitative estimate of drug-likeness (QED) is 0.747. The molecule has 0 atom stereocenters.